The van der Waals surface area contributed by atoms with E-state index in [4.69, 9.17) is 5.11 Å². The Morgan fingerprint density at radius 1 is 1.36 bits per heavy atom. The summed E-state index contributed by atoms with van der Waals surface area (Å²) in [6.07, 6.45) is 0. The minimum absolute atomic E-state index is 0.329. The van der Waals surface area contributed by atoms with Crippen molar-refractivity contribution in [3.63, 3.8) is 0 Å². The summed E-state index contributed by atoms with van der Waals surface area (Å²) in [6, 6.07) is 0. The van der Waals surface area contributed by atoms with E-state index in [9.17, 15) is 13.2 Å². The number of hydrogen-bond donors (Lipinski definition) is 1. The van der Waals surface area contributed by atoms with E-state index in [1.54, 1.807) is 13.8 Å². The van der Waals surface area contributed by atoms with Crippen molar-refractivity contribution in [2.75, 3.05) is 18.8 Å². The van der Waals surface area contributed by atoms with Crippen LogP contribution in [0.4, 0.5) is 0 Å². The summed E-state index contributed by atoms with van der Waals surface area (Å²) in [4.78, 5) is 10.5. The Labute approximate surface area is 84.8 Å². The first-order chi connectivity index (χ1) is 6.35. The number of carbonyl (C=O) groups is 1. The van der Waals surface area contributed by atoms with Crippen molar-refractivity contribution in [2.24, 2.45) is 5.92 Å². The lowest BCUT2D eigenvalue weighted by Gasteiger charge is -2.19. The third-order valence-corrected chi connectivity index (χ3v) is 4.21. The van der Waals surface area contributed by atoms with Crippen molar-refractivity contribution < 1.29 is 18.3 Å². The number of hydrogen-bond acceptors (Lipinski definition) is 3. The summed E-state index contributed by atoms with van der Waals surface area (Å²) in [6.45, 7) is 5.61. The molecule has 0 saturated carbocycles. The van der Waals surface area contributed by atoms with Crippen molar-refractivity contribution in [1.82, 2.24) is 4.31 Å². The molecule has 84 valence electrons. The Morgan fingerprint density at radius 3 is 2.07 bits per heavy atom. The minimum Gasteiger partial charge on any atom is -0.481 e. The van der Waals surface area contributed by atoms with Gasteiger partial charge < -0.3 is 5.11 Å². The van der Waals surface area contributed by atoms with E-state index in [2.05, 4.69) is 0 Å². The van der Waals surface area contributed by atoms with Crippen LogP contribution in [0, 0.1) is 5.92 Å². The van der Waals surface area contributed by atoms with Gasteiger partial charge in [-0.25, -0.2) is 12.7 Å². The smallest absolute Gasteiger partial charge is 0.307 e. The molecule has 0 aromatic heterocycles. The molecule has 0 aliphatic heterocycles. The van der Waals surface area contributed by atoms with Gasteiger partial charge in [0, 0.05) is 13.1 Å². The van der Waals surface area contributed by atoms with Gasteiger partial charge in [-0.3, -0.25) is 4.79 Å². The molecular weight excluding hydrogens is 206 g/mol. The highest BCUT2D eigenvalue weighted by Crippen LogP contribution is 2.07. The zero-order valence-corrected chi connectivity index (χ0v) is 9.54. The van der Waals surface area contributed by atoms with Crippen LogP contribution in [0.1, 0.15) is 20.8 Å². The molecule has 0 radical (unpaired) electrons. The second-order valence-corrected chi connectivity index (χ2v) is 5.12. The van der Waals surface area contributed by atoms with Gasteiger partial charge in [-0.2, -0.15) is 0 Å². The van der Waals surface area contributed by atoms with Crippen LogP contribution in [0.25, 0.3) is 0 Å². The molecule has 0 saturated heterocycles. The predicted molar refractivity (Wildman–Crippen MR) is 53.5 cm³/mol. The first-order valence-electron chi connectivity index (χ1n) is 4.55. The minimum atomic E-state index is -3.41. The highest BCUT2D eigenvalue weighted by atomic mass is 32.2. The van der Waals surface area contributed by atoms with E-state index >= 15 is 0 Å². The maximum absolute atomic E-state index is 11.6. The number of nitrogens with zero attached hydrogens (tertiary/aromatic N) is 1. The molecule has 0 rings (SSSR count). The van der Waals surface area contributed by atoms with Crippen LogP contribution in [0.2, 0.25) is 0 Å². The third kappa shape index (κ3) is 3.63. The fourth-order valence-corrected chi connectivity index (χ4v) is 2.88. The maximum atomic E-state index is 11.6. The molecule has 14 heavy (non-hydrogen) atoms. The van der Waals surface area contributed by atoms with Gasteiger partial charge in [-0.1, -0.05) is 20.8 Å². The molecular formula is C8H17NO4S. The van der Waals surface area contributed by atoms with Crippen LogP contribution in [0.15, 0.2) is 0 Å². The lowest BCUT2D eigenvalue weighted by atomic mass is 10.2. The molecule has 1 atom stereocenters. The lowest BCUT2D eigenvalue weighted by Crippen LogP contribution is -2.36. The molecule has 0 heterocycles. The van der Waals surface area contributed by atoms with Crippen LogP contribution in [-0.4, -0.2) is 42.6 Å². The summed E-state index contributed by atoms with van der Waals surface area (Å²) in [5, 5.41) is 8.59. The van der Waals surface area contributed by atoms with Gasteiger partial charge in [-0.05, 0) is 0 Å². The van der Waals surface area contributed by atoms with Gasteiger partial charge in [0.1, 0.15) is 0 Å². The topological polar surface area (TPSA) is 74.7 Å². The molecule has 0 bridgehead atoms. The predicted octanol–water partition coefficient (Wildman–Crippen LogP) is 0.379. The van der Waals surface area contributed by atoms with E-state index in [1.807, 2.05) is 0 Å². The molecule has 0 spiro atoms. The normalized spacial score (nSPS) is 14.3. The largest absolute Gasteiger partial charge is 0.481 e. The Balaban J connectivity index is 4.56. The fourth-order valence-electron chi connectivity index (χ4n) is 1.11. The molecule has 0 aliphatic rings. The number of sulfonamides is 1. The highest BCUT2D eigenvalue weighted by Gasteiger charge is 2.25. The highest BCUT2D eigenvalue weighted by molar-refractivity contribution is 7.89. The van der Waals surface area contributed by atoms with E-state index in [0.717, 1.165) is 0 Å². The number of rotatable bonds is 6. The molecule has 0 aromatic rings. The summed E-state index contributed by atoms with van der Waals surface area (Å²) in [5.41, 5.74) is 0. The van der Waals surface area contributed by atoms with Crippen molar-refractivity contribution in [1.29, 1.82) is 0 Å². The fraction of sp³-hybridized carbons (Fsp3) is 0.875. The summed E-state index contributed by atoms with van der Waals surface area (Å²) < 4.78 is 24.4. The summed E-state index contributed by atoms with van der Waals surface area (Å²) in [5.74, 6) is -2.27. The van der Waals surface area contributed by atoms with Gasteiger partial charge in [0.25, 0.3) is 0 Å². The second kappa shape index (κ2) is 5.31. The van der Waals surface area contributed by atoms with E-state index < -0.39 is 21.9 Å². The molecule has 0 amide bonds. The molecule has 5 nitrogen and oxygen atoms in total. The molecule has 0 aliphatic carbocycles. The average Bonchev–Trinajstić information content (AvgIpc) is 2.04. The Kier molecular flexibility index (Phi) is 5.07. The zero-order chi connectivity index (χ0) is 11.4. The van der Waals surface area contributed by atoms with Crippen molar-refractivity contribution in [2.45, 2.75) is 20.8 Å². The average molecular weight is 223 g/mol. The van der Waals surface area contributed by atoms with Crippen LogP contribution >= 0.6 is 0 Å². The van der Waals surface area contributed by atoms with Crippen molar-refractivity contribution in [3.8, 4) is 0 Å². The molecule has 0 fully saturated rings. The van der Waals surface area contributed by atoms with Crippen LogP contribution in [0.3, 0.4) is 0 Å². The van der Waals surface area contributed by atoms with Crippen LogP contribution in [0.5, 0.6) is 0 Å². The molecule has 1 unspecified atom stereocenters. The zero-order valence-electron chi connectivity index (χ0n) is 8.73. The van der Waals surface area contributed by atoms with Gasteiger partial charge in [0.2, 0.25) is 10.0 Å². The second-order valence-electron chi connectivity index (χ2n) is 3.10. The van der Waals surface area contributed by atoms with Crippen molar-refractivity contribution in [3.05, 3.63) is 0 Å². The number of carboxylic acids is 1. The monoisotopic (exact) mass is 223 g/mol. The summed E-state index contributed by atoms with van der Waals surface area (Å²) >= 11 is 0. The first-order valence-corrected chi connectivity index (χ1v) is 6.16. The van der Waals surface area contributed by atoms with Gasteiger partial charge >= 0.3 is 5.97 Å². The Bertz CT molecular complexity index is 282. The third-order valence-electron chi connectivity index (χ3n) is 1.98. The number of carboxylic acid groups (broad SMARTS) is 1. The van der Waals surface area contributed by atoms with Gasteiger partial charge in [-0.15, -0.1) is 0 Å². The summed E-state index contributed by atoms with van der Waals surface area (Å²) in [7, 11) is -3.41. The van der Waals surface area contributed by atoms with Gasteiger partial charge in [0.15, 0.2) is 0 Å². The van der Waals surface area contributed by atoms with E-state index in [-0.39, 0.29) is 5.75 Å². The van der Waals surface area contributed by atoms with Crippen LogP contribution in [-0.2, 0) is 14.8 Å². The molecule has 6 heteroatoms. The molecule has 0 aromatic carbocycles. The Morgan fingerprint density at radius 2 is 1.79 bits per heavy atom. The first kappa shape index (κ1) is 13.4. The standard InChI is InChI=1S/C8H17NO4S/c1-4-9(5-2)14(12,13)6-7(3)8(10)11/h7H,4-6H2,1-3H3,(H,10,11). The van der Waals surface area contributed by atoms with E-state index in [0.29, 0.717) is 13.1 Å². The van der Waals surface area contributed by atoms with Crippen molar-refractivity contribution >= 4 is 16.0 Å². The van der Waals surface area contributed by atoms with E-state index in [1.165, 1.54) is 11.2 Å². The quantitative estimate of drug-likeness (QED) is 0.706. The number of aliphatic carboxylic acids is 1. The lowest BCUT2D eigenvalue weighted by molar-refractivity contribution is -0.140. The molecule has 1 N–H and O–H groups in total. The van der Waals surface area contributed by atoms with Crippen LogP contribution < -0.4 is 0 Å². The maximum Gasteiger partial charge on any atom is 0.307 e. The van der Waals surface area contributed by atoms with Gasteiger partial charge in [0.05, 0.1) is 11.7 Å². The SMILES string of the molecule is CCN(CC)S(=O)(=O)CC(C)C(=O)O. The Hall–Kier alpha value is -0.620.